The molecular weight excluding hydrogens is 392 g/mol. The van der Waals surface area contributed by atoms with Crippen LogP contribution in [0.3, 0.4) is 0 Å². The highest BCUT2D eigenvalue weighted by atomic mass is 16.3. The van der Waals surface area contributed by atoms with E-state index < -0.39 is 35.1 Å². The molecule has 6 heteroatoms. The fraction of sp³-hybridized carbons (Fsp3) is 0.440. The van der Waals surface area contributed by atoms with Gasteiger partial charge in [0.05, 0.1) is 23.3 Å². The third-order valence-electron chi connectivity index (χ3n) is 6.53. The molecular formula is C25H30N2O4. The topological polar surface area (TPSA) is 98.7 Å². The Morgan fingerprint density at radius 3 is 1.45 bits per heavy atom. The second-order valence-corrected chi connectivity index (χ2v) is 9.10. The fourth-order valence-electron chi connectivity index (χ4n) is 4.23. The highest BCUT2D eigenvalue weighted by Crippen LogP contribution is 2.47. The number of hydrogen-bond donors (Lipinski definition) is 4. The average Bonchev–Trinajstić information content (AvgIpc) is 3.65. The zero-order valence-electron chi connectivity index (χ0n) is 18.0. The number of benzene rings is 2. The molecule has 2 aliphatic rings. The Morgan fingerprint density at radius 2 is 1.13 bits per heavy atom. The van der Waals surface area contributed by atoms with Crippen LogP contribution in [-0.2, 0) is 9.59 Å². The van der Waals surface area contributed by atoms with Crippen molar-refractivity contribution in [3.8, 4) is 0 Å². The highest BCUT2D eigenvalue weighted by Gasteiger charge is 2.51. The minimum absolute atomic E-state index is 0.364. The van der Waals surface area contributed by atoms with E-state index in [0.29, 0.717) is 25.7 Å². The summed E-state index contributed by atoms with van der Waals surface area (Å²) in [7, 11) is 0. The number of amides is 2. The third-order valence-corrected chi connectivity index (χ3v) is 6.53. The molecule has 0 heterocycles. The zero-order chi connectivity index (χ0) is 22.2. The van der Waals surface area contributed by atoms with Crippen LogP contribution in [-0.4, -0.2) is 33.2 Å². The Morgan fingerprint density at radius 1 is 0.774 bits per heavy atom. The first-order valence-corrected chi connectivity index (χ1v) is 10.9. The van der Waals surface area contributed by atoms with Crippen LogP contribution in [0.25, 0.3) is 0 Å². The van der Waals surface area contributed by atoms with Crippen LogP contribution in [0.1, 0.15) is 66.4 Å². The summed E-state index contributed by atoms with van der Waals surface area (Å²) < 4.78 is 0. The second kappa shape index (κ2) is 8.09. The molecule has 2 atom stereocenters. The summed E-state index contributed by atoms with van der Waals surface area (Å²) in [6, 6.07) is 14.2. The van der Waals surface area contributed by atoms with E-state index in [1.54, 1.807) is 0 Å². The van der Waals surface area contributed by atoms with Crippen molar-refractivity contribution in [2.24, 2.45) is 0 Å². The van der Waals surface area contributed by atoms with Crippen molar-refractivity contribution in [3.05, 3.63) is 70.8 Å². The molecule has 0 saturated heterocycles. The van der Waals surface area contributed by atoms with Gasteiger partial charge in [-0.15, -0.1) is 0 Å². The predicted octanol–water partition coefficient (Wildman–Crippen LogP) is 2.76. The minimum Gasteiger partial charge on any atom is -0.387 e. The SMILES string of the molecule is Cc1ccccc1[C@@H](NC(=O)CC(=O)N[C@H](c1ccccc1C)C1(O)CC1)C1(O)CC1. The number of rotatable bonds is 8. The van der Waals surface area contributed by atoms with Crippen molar-refractivity contribution in [2.45, 2.75) is 69.2 Å². The molecule has 2 aliphatic carbocycles. The van der Waals surface area contributed by atoms with Crippen LogP contribution in [0, 0.1) is 13.8 Å². The van der Waals surface area contributed by atoms with Crippen molar-refractivity contribution < 1.29 is 19.8 Å². The first kappa shape index (κ1) is 21.5. The van der Waals surface area contributed by atoms with E-state index in [2.05, 4.69) is 10.6 Å². The van der Waals surface area contributed by atoms with Gasteiger partial charge in [0.15, 0.2) is 0 Å². The quantitative estimate of drug-likeness (QED) is 0.492. The lowest BCUT2D eigenvalue weighted by Crippen LogP contribution is -2.42. The molecule has 2 aromatic carbocycles. The molecule has 4 rings (SSSR count). The van der Waals surface area contributed by atoms with Gasteiger partial charge in [-0.3, -0.25) is 9.59 Å². The van der Waals surface area contributed by atoms with Crippen molar-refractivity contribution in [3.63, 3.8) is 0 Å². The molecule has 2 amide bonds. The molecule has 6 nitrogen and oxygen atoms in total. The van der Waals surface area contributed by atoms with E-state index in [1.807, 2.05) is 62.4 Å². The van der Waals surface area contributed by atoms with Gasteiger partial charge in [0, 0.05) is 0 Å². The Balaban J connectivity index is 1.45. The summed E-state index contributed by atoms with van der Waals surface area (Å²) in [4.78, 5) is 25.5. The maximum atomic E-state index is 12.7. The number of carbonyl (C=O) groups is 2. The van der Waals surface area contributed by atoms with E-state index in [0.717, 1.165) is 22.3 Å². The molecule has 0 aliphatic heterocycles. The molecule has 164 valence electrons. The smallest absolute Gasteiger partial charge is 0.230 e. The summed E-state index contributed by atoms with van der Waals surface area (Å²) in [6.45, 7) is 3.88. The number of carbonyl (C=O) groups excluding carboxylic acids is 2. The zero-order valence-corrected chi connectivity index (χ0v) is 18.0. The maximum absolute atomic E-state index is 12.7. The van der Waals surface area contributed by atoms with Gasteiger partial charge < -0.3 is 20.8 Å². The fourth-order valence-corrected chi connectivity index (χ4v) is 4.23. The maximum Gasteiger partial charge on any atom is 0.230 e. The van der Waals surface area contributed by atoms with Crippen LogP contribution < -0.4 is 10.6 Å². The van der Waals surface area contributed by atoms with Crippen LogP contribution in [0.2, 0.25) is 0 Å². The Kier molecular flexibility index (Phi) is 5.62. The van der Waals surface area contributed by atoms with Gasteiger partial charge in [0.25, 0.3) is 0 Å². The molecule has 2 aromatic rings. The molecule has 2 fully saturated rings. The molecule has 2 saturated carbocycles. The molecule has 0 bridgehead atoms. The minimum atomic E-state index is -0.967. The van der Waals surface area contributed by atoms with E-state index in [-0.39, 0.29) is 6.42 Å². The molecule has 0 unspecified atom stereocenters. The summed E-state index contributed by atoms with van der Waals surface area (Å²) in [5.74, 6) is -0.894. The van der Waals surface area contributed by atoms with Crippen LogP contribution in [0.15, 0.2) is 48.5 Å². The van der Waals surface area contributed by atoms with Gasteiger partial charge in [-0.2, -0.15) is 0 Å². The van der Waals surface area contributed by atoms with E-state index in [1.165, 1.54) is 0 Å². The second-order valence-electron chi connectivity index (χ2n) is 9.10. The Hall–Kier alpha value is -2.70. The first-order valence-electron chi connectivity index (χ1n) is 10.9. The van der Waals surface area contributed by atoms with Crippen LogP contribution in [0.4, 0.5) is 0 Å². The van der Waals surface area contributed by atoms with Crippen LogP contribution >= 0.6 is 0 Å². The molecule has 0 aromatic heterocycles. The lowest BCUT2D eigenvalue weighted by Gasteiger charge is -2.27. The predicted molar refractivity (Wildman–Crippen MR) is 117 cm³/mol. The van der Waals surface area contributed by atoms with Gasteiger partial charge in [-0.05, 0) is 61.8 Å². The molecule has 4 N–H and O–H groups in total. The van der Waals surface area contributed by atoms with Crippen molar-refractivity contribution >= 4 is 11.8 Å². The van der Waals surface area contributed by atoms with Crippen molar-refractivity contribution in [1.29, 1.82) is 0 Å². The van der Waals surface area contributed by atoms with Gasteiger partial charge in [0.2, 0.25) is 11.8 Å². The van der Waals surface area contributed by atoms with E-state index >= 15 is 0 Å². The Bertz CT molecular complexity index is 915. The summed E-state index contributed by atoms with van der Waals surface area (Å²) >= 11 is 0. The lowest BCUT2D eigenvalue weighted by molar-refractivity contribution is -0.131. The average molecular weight is 423 g/mol. The summed E-state index contributed by atoms with van der Waals surface area (Å²) in [5.41, 5.74) is 1.75. The van der Waals surface area contributed by atoms with Crippen LogP contribution in [0.5, 0.6) is 0 Å². The molecule has 0 radical (unpaired) electrons. The summed E-state index contributed by atoms with van der Waals surface area (Å²) in [5, 5.41) is 27.2. The monoisotopic (exact) mass is 422 g/mol. The first-order chi connectivity index (χ1) is 14.7. The lowest BCUT2D eigenvalue weighted by atomic mass is 9.94. The van der Waals surface area contributed by atoms with Gasteiger partial charge >= 0.3 is 0 Å². The van der Waals surface area contributed by atoms with E-state index in [9.17, 15) is 19.8 Å². The largest absolute Gasteiger partial charge is 0.387 e. The number of nitrogens with one attached hydrogen (secondary N) is 2. The summed E-state index contributed by atoms with van der Waals surface area (Å²) in [6.07, 6.45) is 2.08. The van der Waals surface area contributed by atoms with Gasteiger partial charge in [0.1, 0.15) is 6.42 Å². The third kappa shape index (κ3) is 4.65. The van der Waals surface area contributed by atoms with Crippen molar-refractivity contribution in [2.75, 3.05) is 0 Å². The Labute approximate surface area is 182 Å². The van der Waals surface area contributed by atoms with Gasteiger partial charge in [-0.1, -0.05) is 48.5 Å². The normalized spacial score (nSPS) is 19.7. The number of hydrogen-bond acceptors (Lipinski definition) is 4. The standard InChI is InChI=1S/C25H30N2O4/c1-16-7-3-5-9-18(16)22(24(30)11-12-24)26-20(28)15-21(29)27-23(25(31)13-14-25)19-10-6-4-8-17(19)2/h3-10,22-23,30-31H,11-15H2,1-2H3,(H,26,28)(H,27,29)/t22-,23-/m1/s1. The van der Waals surface area contributed by atoms with E-state index in [4.69, 9.17) is 0 Å². The number of aryl methyl sites for hydroxylation is 2. The van der Waals surface area contributed by atoms with Crippen molar-refractivity contribution in [1.82, 2.24) is 10.6 Å². The van der Waals surface area contributed by atoms with Gasteiger partial charge in [-0.25, -0.2) is 0 Å². The highest BCUT2D eigenvalue weighted by molar-refractivity contribution is 5.97. The number of aliphatic hydroxyl groups is 2. The molecule has 31 heavy (non-hydrogen) atoms. The molecule has 0 spiro atoms.